The summed E-state index contributed by atoms with van der Waals surface area (Å²) in [6.45, 7) is 0.654. The maximum Gasteiger partial charge on any atom is 0.239 e. The summed E-state index contributed by atoms with van der Waals surface area (Å²) in [4.78, 5) is 3.94. The lowest BCUT2D eigenvalue weighted by Crippen LogP contribution is -2.33. The zero-order valence-electron chi connectivity index (χ0n) is 9.17. The van der Waals surface area contributed by atoms with Crippen LogP contribution in [0.25, 0.3) is 0 Å². The van der Waals surface area contributed by atoms with Gasteiger partial charge in [-0.3, -0.25) is 4.98 Å². The van der Waals surface area contributed by atoms with Gasteiger partial charge in [0.1, 0.15) is 4.90 Å². The third-order valence-electron chi connectivity index (χ3n) is 2.73. The first-order valence-electron chi connectivity index (χ1n) is 5.18. The smallest absolute Gasteiger partial charge is 0.239 e. The molecule has 0 saturated carbocycles. The zero-order chi connectivity index (χ0) is 12.5. The van der Waals surface area contributed by atoms with Gasteiger partial charge in [0.2, 0.25) is 10.0 Å². The Morgan fingerprint density at radius 1 is 1.59 bits per heavy atom. The summed E-state index contributed by atoms with van der Waals surface area (Å²) < 4.78 is 27.8. The lowest BCUT2D eigenvalue weighted by molar-refractivity contribution is 0.0257. The van der Waals surface area contributed by atoms with Gasteiger partial charge in [0.05, 0.1) is 17.9 Å². The second kappa shape index (κ2) is 4.34. The fraction of sp³-hybridized carbons (Fsp3) is 0.500. The van der Waals surface area contributed by atoms with Gasteiger partial charge in [0, 0.05) is 25.6 Å². The normalized spacial score (nSPS) is 25.1. The summed E-state index contributed by atoms with van der Waals surface area (Å²) in [7, 11) is -3.82. The molecular formula is C10H14N2O4S. The summed E-state index contributed by atoms with van der Waals surface area (Å²) in [6.07, 6.45) is 2.07. The zero-order valence-corrected chi connectivity index (χ0v) is 9.98. The number of pyridine rings is 1. The minimum Gasteiger partial charge on any atom is -0.387 e. The van der Waals surface area contributed by atoms with E-state index in [-0.39, 0.29) is 23.6 Å². The minimum atomic E-state index is -3.82. The van der Waals surface area contributed by atoms with E-state index in [1.807, 2.05) is 0 Å². The van der Waals surface area contributed by atoms with Crippen molar-refractivity contribution < 1.29 is 18.3 Å². The van der Waals surface area contributed by atoms with E-state index in [1.54, 1.807) is 0 Å². The van der Waals surface area contributed by atoms with Crippen molar-refractivity contribution in [3.05, 3.63) is 24.0 Å². The first-order chi connectivity index (χ1) is 7.91. The molecule has 1 fully saturated rings. The van der Waals surface area contributed by atoms with Crippen molar-refractivity contribution in [3.63, 3.8) is 0 Å². The second-order valence-corrected chi connectivity index (χ2v) is 5.73. The van der Waals surface area contributed by atoms with Crippen LogP contribution in [0.5, 0.6) is 0 Å². The topological polar surface area (TPSA) is 103 Å². The van der Waals surface area contributed by atoms with Gasteiger partial charge in [-0.1, -0.05) is 0 Å². The molecule has 7 heteroatoms. The average Bonchev–Trinajstić information content (AvgIpc) is 2.64. The number of nitrogens with two attached hydrogens (primary N) is 1. The van der Waals surface area contributed by atoms with Gasteiger partial charge in [0.15, 0.2) is 0 Å². The van der Waals surface area contributed by atoms with Crippen molar-refractivity contribution >= 4 is 10.0 Å². The summed E-state index contributed by atoms with van der Waals surface area (Å²) in [5.41, 5.74) is -0.767. The van der Waals surface area contributed by atoms with Crippen molar-refractivity contribution in [1.82, 2.24) is 4.98 Å². The Morgan fingerprint density at radius 3 is 2.94 bits per heavy atom. The fourth-order valence-corrected chi connectivity index (χ4v) is 2.58. The Bertz CT molecular complexity index is 509. The summed E-state index contributed by atoms with van der Waals surface area (Å²) in [5.74, 6) is 0. The number of nitrogens with zero attached hydrogens (tertiary/aromatic N) is 1. The van der Waals surface area contributed by atoms with Crippen LogP contribution in [0.1, 0.15) is 12.1 Å². The predicted octanol–water partition coefficient (Wildman–Crippen LogP) is -0.577. The van der Waals surface area contributed by atoms with Crippen LogP contribution >= 0.6 is 0 Å². The monoisotopic (exact) mass is 258 g/mol. The highest BCUT2D eigenvalue weighted by molar-refractivity contribution is 7.89. The van der Waals surface area contributed by atoms with Gasteiger partial charge in [-0.05, 0) is 12.1 Å². The number of primary sulfonamides is 1. The molecule has 0 bridgehead atoms. The van der Waals surface area contributed by atoms with E-state index in [4.69, 9.17) is 9.88 Å². The van der Waals surface area contributed by atoms with Crippen LogP contribution in [-0.2, 0) is 21.2 Å². The van der Waals surface area contributed by atoms with Crippen molar-refractivity contribution in [2.75, 3.05) is 13.2 Å². The van der Waals surface area contributed by atoms with Gasteiger partial charge in [0.25, 0.3) is 0 Å². The van der Waals surface area contributed by atoms with Gasteiger partial charge in [-0.25, -0.2) is 13.6 Å². The molecule has 0 radical (unpaired) electrons. The van der Waals surface area contributed by atoms with Gasteiger partial charge in [-0.2, -0.15) is 0 Å². The summed E-state index contributed by atoms with van der Waals surface area (Å²) in [6, 6.07) is 2.88. The molecule has 6 nitrogen and oxygen atoms in total. The molecule has 1 aliphatic rings. The van der Waals surface area contributed by atoms with Crippen LogP contribution in [-0.4, -0.2) is 37.3 Å². The highest BCUT2D eigenvalue weighted by Gasteiger charge is 2.34. The lowest BCUT2D eigenvalue weighted by atomic mass is 9.97. The van der Waals surface area contributed by atoms with E-state index in [0.29, 0.717) is 13.0 Å². The van der Waals surface area contributed by atoms with E-state index in [0.717, 1.165) is 0 Å². The number of sulfonamides is 1. The molecule has 17 heavy (non-hydrogen) atoms. The summed E-state index contributed by atoms with van der Waals surface area (Å²) in [5, 5.41) is 15.2. The molecule has 1 atom stereocenters. The molecule has 1 unspecified atom stereocenters. The predicted molar refractivity (Wildman–Crippen MR) is 59.7 cm³/mol. The number of hydrogen-bond donors (Lipinski definition) is 2. The number of aliphatic hydroxyl groups is 1. The standard InChI is InChI=1S/C10H14N2O4S/c11-17(14,15)9-2-1-4-12-8(9)6-10(13)3-5-16-7-10/h1-2,4,13H,3,5-7H2,(H2,11,14,15). The minimum absolute atomic E-state index is 0.0414. The van der Waals surface area contributed by atoms with Crippen LogP contribution in [0.2, 0.25) is 0 Å². The molecule has 2 rings (SSSR count). The molecule has 0 amide bonds. The third kappa shape index (κ3) is 2.81. The number of aromatic nitrogens is 1. The van der Waals surface area contributed by atoms with Gasteiger partial charge in [-0.15, -0.1) is 0 Å². The maximum atomic E-state index is 11.4. The van der Waals surface area contributed by atoms with E-state index in [1.165, 1.54) is 18.3 Å². The van der Waals surface area contributed by atoms with Crippen molar-refractivity contribution in [3.8, 4) is 0 Å². The van der Waals surface area contributed by atoms with E-state index in [2.05, 4.69) is 4.98 Å². The van der Waals surface area contributed by atoms with Crippen molar-refractivity contribution in [2.45, 2.75) is 23.3 Å². The Morgan fingerprint density at radius 2 is 2.35 bits per heavy atom. The highest BCUT2D eigenvalue weighted by atomic mass is 32.2. The molecule has 0 aromatic carbocycles. The molecular weight excluding hydrogens is 244 g/mol. The van der Waals surface area contributed by atoms with E-state index in [9.17, 15) is 13.5 Å². The maximum absolute atomic E-state index is 11.4. The highest BCUT2D eigenvalue weighted by Crippen LogP contribution is 2.25. The Kier molecular flexibility index (Phi) is 3.17. The quantitative estimate of drug-likeness (QED) is 0.755. The van der Waals surface area contributed by atoms with E-state index >= 15 is 0 Å². The SMILES string of the molecule is NS(=O)(=O)c1cccnc1CC1(O)CCOC1. The van der Waals surface area contributed by atoms with Crippen LogP contribution in [0.4, 0.5) is 0 Å². The van der Waals surface area contributed by atoms with Gasteiger partial charge < -0.3 is 9.84 Å². The van der Waals surface area contributed by atoms with Crippen LogP contribution in [0, 0.1) is 0 Å². The first kappa shape index (κ1) is 12.4. The molecule has 3 N–H and O–H groups in total. The Hall–Kier alpha value is -1.02. The Balaban J connectivity index is 2.33. The molecule has 1 saturated heterocycles. The van der Waals surface area contributed by atoms with E-state index < -0.39 is 15.6 Å². The molecule has 94 valence electrons. The summed E-state index contributed by atoms with van der Waals surface area (Å²) >= 11 is 0. The second-order valence-electron chi connectivity index (χ2n) is 4.20. The van der Waals surface area contributed by atoms with Crippen LogP contribution in [0.15, 0.2) is 23.2 Å². The largest absolute Gasteiger partial charge is 0.387 e. The van der Waals surface area contributed by atoms with Crippen LogP contribution in [0.3, 0.4) is 0 Å². The van der Waals surface area contributed by atoms with Crippen molar-refractivity contribution in [2.24, 2.45) is 5.14 Å². The van der Waals surface area contributed by atoms with Crippen LogP contribution < -0.4 is 5.14 Å². The molecule has 0 spiro atoms. The number of ether oxygens (including phenoxy) is 1. The molecule has 1 aliphatic heterocycles. The van der Waals surface area contributed by atoms with Crippen molar-refractivity contribution in [1.29, 1.82) is 0 Å². The molecule has 0 aliphatic carbocycles. The number of hydrogen-bond acceptors (Lipinski definition) is 5. The molecule has 2 heterocycles. The molecule has 1 aromatic rings. The fourth-order valence-electron chi connectivity index (χ4n) is 1.86. The average molecular weight is 258 g/mol. The lowest BCUT2D eigenvalue weighted by Gasteiger charge is -2.20. The van der Waals surface area contributed by atoms with Gasteiger partial charge >= 0.3 is 0 Å². The number of rotatable bonds is 3. The third-order valence-corrected chi connectivity index (χ3v) is 3.72. The molecule has 1 aromatic heterocycles. The Labute approximate surface area is 99.5 Å². The first-order valence-corrected chi connectivity index (χ1v) is 6.72.